The Morgan fingerprint density at radius 3 is 2.77 bits per heavy atom. The minimum absolute atomic E-state index is 0.130. The summed E-state index contributed by atoms with van der Waals surface area (Å²) >= 11 is 5.77. The summed E-state index contributed by atoms with van der Waals surface area (Å²) in [4.78, 5) is 3.93. The first-order valence-corrected chi connectivity index (χ1v) is 4.72. The van der Waals surface area contributed by atoms with Crippen molar-refractivity contribution in [1.29, 1.82) is 0 Å². The van der Waals surface area contributed by atoms with Gasteiger partial charge in [-0.05, 0) is 36.1 Å². The molecule has 0 fully saturated rings. The summed E-state index contributed by atoms with van der Waals surface area (Å²) in [6.07, 6.45) is 2.66. The van der Waals surface area contributed by atoms with Crippen molar-refractivity contribution in [2.75, 3.05) is 6.54 Å². The maximum absolute atomic E-state index is 5.77. The van der Waals surface area contributed by atoms with E-state index in [4.69, 9.17) is 17.3 Å². The summed E-state index contributed by atoms with van der Waals surface area (Å²) in [7, 11) is 0. The Morgan fingerprint density at radius 1 is 1.54 bits per heavy atom. The van der Waals surface area contributed by atoms with Gasteiger partial charge in [-0.15, -0.1) is 0 Å². The Balaban J connectivity index is 2.74. The van der Waals surface area contributed by atoms with E-state index in [0.29, 0.717) is 11.7 Å². The molecule has 1 rings (SSSR count). The molecule has 1 heterocycles. The number of nitrogens with zero attached hydrogens (tertiary/aromatic N) is 1. The predicted octanol–water partition coefficient (Wildman–Crippen LogP) is 2.26. The standard InChI is InChI=1S/C10H15ClN2/c1-10(2,7-12)6-8-3-4-13-9(11)5-8/h3-5H,6-7,12H2,1-2H3. The van der Waals surface area contributed by atoms with Crippen LogP contribution in [-0.2, 0) is 6.42 Å². The maximum Gasteiger partial charge on any atom is 0.129 e. The van der Waals surface area contributed by atoms with Crippen LogP contribution in [0.15, 0.2) is 18.3 Å². The number of rotatable bonds is 3. The van der Waals surface area contributed by atoms with Gasteiger partial charge < -0.3 is 5.73 Å². The van der Waals surface area contributed by atoms with E-state index in [-0.39, 0.29) is 5.41 Å². The molecule has 0 bridgehead atoms. The van der Waals surface area contributed by atoms with E-state index >= 15 is 0 Å². The van der Waals surface area contributed by atoms with Gasteiger partial charge in [0.05, 0.1) is 0 Å². The van der Waals surface area contributed by atoms with E-state index in [1.54, 1.807) is 6.20 Å². The van der Waals surface area contributed by atoms with Crippen LogP contribution in [0.25, 0.3) is 0 Å². The highest BCUT2D eigenvalue weighted by atomic mass is 35.5. The van der Waals surface area contributed by atoms with Gasteiger partial charge in [0, 0.05) is 6.20 Å². The minimum Gasteiger partial charge on any atom is -0.330 e. The summed E-state index contributed by atoms with van der Waals surface area (Å²) in [5, 5.41) is 0.547. The number of aromatic nitrogens is 1. The number of halogens is 1. The minimum atomic E-state index is 0.130. The van der Waals surface area contributed by atoms with Crippen LogP contribution in [0, 0.1) is 5.41 Å². The third-order valence-electron chi connectivity index (χ3n) is 2.03. The van der Waals surface area contributed by atoms with Crippen molar-refractivity contribution in [3.63, 3.8) is 0 Å². The van der Waals surface area contributed by atoms with E-state index in [9.17, 15) is 0 Å². The van der Waals surface area contributed by atoms with Gasteiger partial charge in [-0.3, -0.25) is 0 Å². The highest BCUT2D eigenvalue weighted by Crippen LogP contribution is 2.20. The molecule has 0 aliphatic heterocycles. The van der Waals surface area contributed by atoms with Crippen molar-refractivity contribution in [3.05, 3.63) is 29.0 Å². The first-order chi connectivity index (χ1) is 6.03. The van der Waals surface area contributed by atoms with Crippen LogP contribution in [0.1, 0.15) is 19.4 Å². The molecule has 2 N–H and O–H groups in total. The van der Waals surface area contributed by atoms with Crippen LogP contribution in [0.2, 0.25) is 5.15 Å². The van der Waals surface area contributed by atoms with Gasteiger partial charge in [0.25, 0.3) is 0 Å². The quantitative estimate of drug-likeness (QED) is 0.757. The summed E-state index contributed by atoms with van der Waals surface area (Å²) in [6, 6.07) is 3.86. The lowest BCUT2D eigenvalue weighted by molar-refractivity contribution is 0.376. The molecule has 0 aliphatic rings. The molecule has 13 heavy (non-hydrogen) atoms. The molecule has 1 aromatic rings. The SMILES string of the molecule is CC(C)(CN)Cc1ccnc(Cl)c1. The summed E-state index contributed by atoms with van der Waals surface area (Å²) in [6.45, 7) is 4.95. The zero-order valence-electron chi connectivity index (χ0n) is 8.05. The molecular weight excluding hydrogens is 184 g/mol. The Bertz CT molecular complexity index is 284. The van der Waals surface area contributed by atoms with Gasteiger partial charge in [0.15, 0.2) is 0 Å². The molecule has 0 radical (unpaired) electrons. The molecule has 0 aromatic carbocycles. The van der Waals surface area contributed by atoms with Crippen LogP contribution < -0.4 is 5.73 Å². The third-order valence-corrected chi connectivity index (χ3v) is 2.23. The lowest BCUT2D eigenvalue weighted by Crippen LogP contribution is -2.25. The fraction of sp³-hybridized carbons (Fsp3) is 0.500. The highest BCUT2D eigenvalue weighted by molar-refractivity contribution is 6.29. The van der Waals surface area contributed by atoms with Gasteiger partial charge in [-0.25, -0.2) is 4.98 Å². The monoisotopic (exact) mass is 198 g/mol. The van der Waals surface area contributed by atoms with Crippen LogP contribution in [-0.4, -0.2) is 11.5 Å². The summed E-state index contributed by atoms with van der Waals surface area (Å²) in [5.41, 5.74) is 6.96. The normalized spacial score (nSPS) is 11.7. The van der Waals surface area contributed by atoms with Crippen molar-refractivity contribution >= 4 is 11.6 Å². The smallest absolute Gasteiger partial charge is 0.129 e. The average molecular weight is 199 g/mol. The molecule has 72 valence electrons. The molecule has 1 aromatic heterocycles. The topological polar surface area (TPSA) is 38.9 Å². The molecule has 0 unspecified atom stereocenters. The average Bonchev–Trinajstić information content (AvgIpc) is 2.03. The maximum atomic E-state index is 5.77. The molecule has 0 spiro atoms. The van der Waals surface area contributed by atoms with Crippen LogP contribution >= 0.6 is 11.6 Å². The van der Waals surface area contributed by atoms with Crippen LogP contribution in [0.4, 0.5) is 0 Å². The Labute approximate surface area is 84.1 Å². The first kappa shape index (κ1) is 10.5. The molecule has 3 heteroatoms. The zero-order valence-corrected chi connectivity index (χ0v) is 8.80. The van der Waals surface area contributed by atoms with Crippen LogP contribution in [0.5, 0.6) is 0 Å². The van der Waals surface area contributed by atoms with Crippen molar-refractivity contribution < 1.29 is 0 Å². The Kier molecular flexibility index (Phi) is 3.28. The lowest BCUT2D eigenvalue weighted by atomic mass is 9.86. The molecule has 0 atom stereocenters. The van der Waals surface area contributed by atoms with Crippen molar-refractivity contribution in [2.24, 2.45) is 11.1 Å². The number of hydrogen-bond acceptors (Lipinski definition) is 2. The largest absolute Gasteiger partial charge is 0.330 e. The van der Waals surface area contributed by atoms with Gasteiger partial charge >= 0.3 is 0 Å². The van der Waals surface area contributed by atoms with Gasteiger partial charge in [0.2, 0.25) is 0 Å². The van der Waals surface area contributed by atoms with Gasteiger partial charge in [-0.2, -0.15) is 0 Å². The van der Waals surface area contributed by atoms with E-state index in [1.165, 1.54) is 5.56 Å². The molecule has 0 saturated heterocycles. The number of nitrogens with two attached hydrogens (primary N) is 1. The molecule has 0 aliphatic carbocycles. The molecule has 2 nitrogen and oxygen atoms in total. The summed E-state index contributed by atoms with van der Waals surface area (Å²) < 4.78 is 0. The zero-order chi connectivity index (χ0) is 9.90. The van der Waals surface area contributed by atoms with Crippen molar-refractivity contribution in [2.45, 2.75) is 20.3 Å². The second-order valence-electron chi connectivity index (χ2n) is 4.03. The summed E-state index contributed by atoms with van der Waals surface area (Å²) in [5.74, 6) is 0. The van der Waals surface area contributed by atoms with Gasteiger partial charge in [0.1, 0.15) is 5.15 Å². The van der Waals surface area contributed by atoms with Crippen molar-refractivity contribution in [3.8, 4) is 0 Å². The third kappa shape index (κ3) is 3.33. The molecule has 0 saturated carbocycles. The molecular formula is C10H15ClN2. The fourth-order valence-electron chi connectivity index (χ4n) is 1.18. The van der Waals surface area contributed by atoms with Crippen molar-refractivity contribution in [1.82, 2.24) is 4.98 Å². The second kappa shape index (κ2) is 4.07. The Hall–Kier alpha value is -0.600. The number of hydrogen-bond donors (Lipinski definition) is 1. The van der Waals surface area contributed by atoms with E-state index in [0.717, 1.165) is 6.42 Å². The first-order valence-electron chi connectivity index (χ1n) is 4.34. The van der Waals surface area contributed by atoms with Gasteiger partial charge in [-0.1, -0.05) is 25.4 Å². The number of pyridine rings is 1. The molecule has 0 amide bonds. The highest BCUT2D eigenvalue weighted by Gasteiger charge is 2.16. The Morgan fingerprint density at radius 2 is 2.23 bits per heavy atom. The fourth-order valence-corrected chi connectivity index (χ4v) is 1.37. The second-order valence-corrected chi connectivity index (χ2v) is 4.42. The van der Waals surface area contributed by atoms with Crippen LogP contribution in [0.3, 0.4) is 0 Å². The predicted molar refractivity (Wildman–Crippen MR) is 55.8 cm³/mol. The van der Waals surface area contributed by atoms with E-state index in [2.05, 4.69) is 18.8 Å². The van der Waals surface area contributed by atoms with E-state index < -0.39 is 0 Å². The van der Waals surface area contributed by atoms with E-state index in [1.807, 2.05) is 12.1 Å². The lowest BCUT2D eigenvalue weighted by Gasteiger charge is -2.22.